The minimum atomic E-state index is -0.179. The van der Waals surface area contributed by atoms with Gasteiger partial charge in [0.05, 0.1) is 14.2 Å². The van der Waals surface area contributed by atoms with Crippen LogP contribution >= 0.6 is 0 Å². The first-order chi connectivity index (χ1) is 8.65. The summed E-state index contributed by atoms with van der Waals surface area (Å²) in [7, 11) is 3.07. The van der Waals surface area contributed by atoms with Crippen LogP contribution in [0, 0.1) is 0 Å². The Hall–Kier alpha value is -1.75. The summed E-state index contributed by atoms with van der Waals surface area (Å²) in [6.07, 6.45) is 1.65. The molecule has 0 spiro atoms. The average Bonchev–Trinajstić information content (AvgIpc) is 2.35. The minimum absolute atomic E-state index is 0.155. The maximum atomic E-state index is 12.2. The van der Waals surface area contributed by atoms with Gasteiger partial charge in [-0.3, -0.25) is 4.79 Å². The van der Waals surface area contributed by atoms with Crippen molar-refractivity contribution in [1.29, 1.82) is 0 Å². The maximum Gasteiger partial charge on any atom is 0.259 e. The van der Waals surface area contributed by atoms with Crippen molar-refractivity contribution in [3.63, 3.8) is 0 Å². The van der Waals surface area contributed by atoms with Crippen LogP contribution in [0.2, 0.25) is 0 Å². The van der Waals surface area contributed by atoms with Crippen molar-refractivity contribution in [3.8, 4) is 11.5 Å². The first-order valence-electron chi connectivity index (χ1n) is 5.93. The van der Waals surface area contributed by atoms with E-state index in [1.165, 1.54) is 14.2 Å². The molecule has 2 rings (SSSR count). The van der Waals surface area contributed by atoms with E-state index in [2.05, 4.69) is 5.32 Å². The highest BCUT2D eigenvalue weighted by molar-refractivity contribution is 5.99. The molecule has 0 saturated heterocycles. The number of carbonyl (C=O) groups is 1. The lowest BCUT2D eigenvalue weighted by molar-refractivity contribution is 0.0904. The summed E-state index contributed by atoms with van der Waals surface area (Å²) in [5, 5.41) is 2.93. The van der Waals surface area contributed by atoms with Gasteiger partial charge in [0.1, 0.15) is 17.1 Å². The molecule has 1 aromatic carbocycles. The van der Waals surface area contributed by atoms with Gasteiger partial charge in [-0.2, -0.15) is 0 Å². The van der Waals surface area contributed by atoms with Crippen LogP contribution in [0.25, 0.3) is 0 Å². The van der Waals surface area contributed by atoms with Crippen molar-refractivity contribution >= 4 is 5.91 Å². The molecule has 1 saturated carbocycles. The Kier molecular flexibility index (Phi) is 3.72. The molecule has 1 fully saturated rings. The lowest BCUT2D eigenvalue weighted by Crippen LogP contribution is -2.50. The molecule has 0 bridgehead atoms. The van der Waals surface area contributed by atoms with Gasteiger partial charge in [0, 0.05) is 12.1 Å². The molecule has 1 aliphatic rings. The van der Waals surface area contributed by atoms with Crippen LogP contribution < -0.4 is 20.5 Å². The summed E-state index contributed by atoms with van der Waals surface area (Å²) < 4.78 is 10.4. The van der Waals surface area contributed by atoms with Gasteiger partial charge in [-0.15, -0.1) is 0 Å². The third-order valence-corrected chi connectivity index (χ3v) is 3.16. The molecular formula is C13H18N2O3. The van der Waals surface area contributed by atoms with Crippen molar-refractivity contribution in [1.82, 2.24) is 5.32 Å². The lowest BCUT2D eigenvalue weighted by Gasteiger charge is -2.33. The molecule has 1 aromatic rings. The predicted octanol–water partition coefficient (Wildman–Crippen LogP) is 0.923. The first kappa shape index (κ1) is 12.7. The van der Waals surface area contributed by atoms with E-state index in [4.69, 9.17) is 15.2 Å². The molecule has 3 N–H and O–H groups in total. The lowest BCUT2D eigenvalue weighted by atomic mass is 9.87. The number of methoxy groups -OCH3 is 2. The Morgan fingerprint density at radius 2 is 1.83 bits per heavy atom. The van der Waals surface area contributed by atoms with E-state index in [-0.39, 0.29) is 18.0 Å². The fraction of sp³-hybridized carbons (Fsp3) is 0.462. The smallest absolute Gasteiger partial charge is 0.259 e. The van der Waals surface area contributed by atoms with E-state index >= 15 is 0 Å². The van der Waals surface area contributed by atoms with E-state index in [0.717, 1.165) is 12.8 Å². The second-order valence-electron chi connectivity index (χ2n) is 4.44. The second-order valence-corrected chi connectivity index (χ2v) is 4.44. The van der Waals surface area contributed by atoms with Crippen LogP contribution in [0.4, 0.5) is 0 Å². The fourth-order valence-corrected chi connectivity index (χ4v) is 2.11. The van der Waals surface area contributed by atoms with Gasteiger partial charge in [0.25, 0.3) is 5.91 Å². The Balaban J connectivity index is 2.17. The summed E-state index contributed by atoms with van der Waals surface area (Å²) in [6.45, 7) is 0. The normalized spacial score (nSPS) is 21.9. The summed E-state index contributed by atoms with van der Waals surface area (Å²) >= 11 is 0. The van der Waals surface area contributed by atoms with Gasteiger partial charge in [0.2, 0.25) is 0 Å². The Bertz CT molecular complexity index is 420. The largest absolute Gasteiger partial charge is 0.496 e. The molecule has 5 heteroatoms. The monoisotopic (exact) mass is 250 g/mol. The second kappa shape index (κ2) is 5.27. The van der Waals surface area contributed by atoms with Gasteiger partial charge in [-0.1, -0.05) is 6.07 Å². The van der Waals surface area contributed by atoms with Crippen molar-refractivity contribution < 1.29 is 14.3 Å². The SMILES string of the molecule is COc1cccc(OC)c1C(=O)NC1CC(N)C1. The van der Waals surface area contributed by atoms with Crippen LogP contribution in [0.1, 0.15) is 23.2 Å². The van der Waals surface area contributed by atoms with Crippen LogP contribution in [0.5, 0.6) is 11.5 Å². The van der Waals surface area contributed by atoms with Gasteiger partial charge in [-0.25, -0.2) is 0 Å². The molecule has 0 aromatic heterocycles. The molecular weight excluding hydrogens is 232 g/mol. The molecule has 18 heavy (non-hydrogen) atoms. The van der Waals surface area contributed by atoms with E-state index in [1.54, 1.807) is 18.2 Å². The number of amides is 1. The molecule has 1 aliphatic carbocycles. The molecule has 0 aliphatic heterocycles. The zero-order valence-electron chi connectivity index (χ0n) is 10.6. The summed E-state index contributed by atoms with van der Waals surface area (Å²) in [4.78, 5) is 12.2. The molecule has 0 heterocycles. The Labute approximate surface area is 106 Å². The molecule has 0 radical (unpaired) electrons. The van der Waals surface area contributed by atoms with Crippen molar-refractivity contribution in [2.24, 2.45) is 5.73 Å². The summed E-state index contributed by atoms with van der Waals surface area (Å²) in [5.41, 5.74) is 6.13. The van der Waals surface area contributed by atoms with E-state index in [9.17, 15) is 4.79 Å². The highest BCUT2D eigenvalue weighted by Crippen LogP contribution is 2.29. The maximum absolute atomic E-state index is 12.2. The van der Waals surface area contributed by atoms with Crippen LogP contribution in [-0.2, 0) is 0 Å². The number of ether oxygens (including phenoxy) is 2. The van der Waals surface area contributed by atoms with Gasteiger partial charge < -0.3 is 20.5 Å². The van der Waals surface area contributed by atoms with Crippen molar-refractivity contribution in [2.45, 2.75) is 24.9 Å². The van der Waals surface area contributed by atoms with Gasteiger partial charge in [-0.05, 0) is 25.0 Å². The summed E-state index contributed by atoms with van der Waals surface area (Å²) in [5.74, 6) is 0.840. The van der Waals surface area contributed by atoms with Crippen LogP contribution in [-0.4, -0.2) is 32.2 Å². The zero-order chi connectivity index (χ0) is 13.1. The fourth-order valence-electron chi connectivity index (χ4n) is 2.11. The third-order valence-electron chi connectivity index (χ3n) is 3.16. The molecule has 0 atom stereocenters. The van der Waals surface area contributed by atoms with Crippen LogP contribution in [0.15, 0.2) is 18.2 Å². The standard InChI is InChI=1S/C13H18N2O3/c1-17-10-4-3-5-11(18-2)12(10)13(16)15-9-6-8(14)7-9/h3-5,8-9H,6-7,14H2,1-2H3,(H,15,16). The molecule has 98 valence electrons. The number of nitrogens with two attached hydrogens (primary N) is 1. The highest BCUT2D eigenvalue weighted by Gasteiger charge is 2.29. The average molecular weight is 250 g/mol. The quantitative estimate of drug-likeness (QED) is 0.833. The zero-order valence-corrected chi connectivity index (χ0v) is 10.6. The molecule has 0 unspecified atom stereocenters. The third kappa shape index (κ3) is 2.41. The number of benzene rings is 1. The predicted molar refractivity (Wildman–Crippen MR) is 68.0 cm³/mol. The topological polar surface area (TPSA) is 73.6 Å². The van der Waals surface area contributed by atoms with E-state index in [0.29, 0.717) is 17.1 Å². The number of nitrogens with one attached hydrogen (secondary N) is 1. The Morgan fingerprint density at radius 3 is 2.28 bits per heavy atom. The van der Waals surface area contributed by atoms with Gasteiger partial charge in [0.15, 0.2) is 0 Å². The number of carbonyl (C=O) groups excluding carboxylic acids is 1. The van der Waals surface area contributed by atoms with Crippen molar-refractivity contribution in [2.75, 3.05) is 14.2 Å². The summed E-state index contributed by atoms with van der Waals surface area (Å²) in [6, 6.07) is 5.62. The van der Waals surface area contributed by atoms with Crippen LogP contribution in [0.3, 0.4) is 0 Å². The number of hydrogen-bond acceptors (Lipinski definition) is 4. The number of hydrogen-bond donors (Lipinski definition) is 2. The van der Waals surface area contributed by atoms with Gasteiger partial charge >= 0.3 is 0 Å². The first-order valence-corrected chi connectivity index (χ1v) is 5.93. The van der Waals surface area contributed by atoms with Crippen molar-refractivity contribution in [3.05, 3.63) is 23.8 Å². The minimum Gasteiger partial charge on any atom is -0.496 e. The van der Waals surface area contributed by atoms with E-state index < -0.39 is 0 Å². The van der Waals surface area contributed by atoms with E-state index in [1.807, 2.05) is 0 Å². The number of rotatable bonds is 4. The highest BCUT2D eigenvalue weighted by atomic mass is 16.5. The molecule has 1 amide bonds. The molecule has 5 nitrogen and oxygen atoms in total. The Morgan fingerprint density at radius 1 is 1.28 bits per heavy atom.